The molecule has 0 aliphatic carbocycles. The minimum absolute atomic E-state index is 0.247. The van der Waals surface area contributed by atoms with E-state index in [4.69, 9.17) is 11.6 Å². The molecule has 0 unspecified atom stereocenters. The van der Waals surface area contributed by atoms with Crippen LogP contribution in [-0.4, -0.2) is 15.5 Å². The van der Waals surface area contributed by atoms with E-state index in [0.29, 0.717) is 10.0 Å². The van der Waals surface area contributed by atoms with Gasteiger partial charge in [-0.15, -0.1) is 11.3 Å². The fourth-order valence-corrected chi connectivity index (χ4v) is 4.37. The topological polar surface area (TPSA) is 37.4 Å². The molecular weight excluding hydrogens is 290 g/mol. The summed E-state index contributed by atoms with van der Waals surface area (Å²) in [6.07, 6.45) is 0. The van der Waals surface area contributed by atoms with Gasteiger partial charge in [0.25, 0.3) is 10.0 Å². The van der Waals surface area contributed by atoms with E-state index < -0.39 is 10.0 Å². The summed E-state index contributed by atoms with van der Waals surface area (Å²) in [6.45, 7) is 1.92. The SMILES string of the molecule is Cc1cccc(N(C)S(=O)(=O)c2ccc(Cl)s2)c1. The summed E-state index contributed by atoms with van der Waals surface area (Å²) in [5.41, 5.74) is 1.65. The molecule has 1 aromatic carbocycles. The van der Waals surface area contributed by atoms with Gasteiger partial charge in [0.2, 0.25) is 0 Å². The molecule has 2 rings (SSSR count). The van der Waals surface area contributed by atoms with E-state index in [1.54, 1.807) is 12.1 Å². The Kier molecular flexibility index (Phi) is 3.66. The van der Waals surface area contributed by atoms with Crippen molar-refractivity contribution in [2.24, 2.45) is 0 Å². The average molecular weight is 302 g/mol. The van der Waals surface area contributed by atoms with E-state index in [1.165, 1.54) is 17.4 Å². The van der Waals surface area contributed by atoms with Crippen LogP contribution in [0, 0.1) is 6.92 Å². The van der Waals surface area contributed by atoms with E-state index in [-0.39, 0.29) is 4.21 Å². The Morgan fingerprint density at radius 2 is 1.94 bits per heavy atom. The molecule has 0 aliphatic heterocycles. The van der Waals surface area contributed by atoms with Crippen LogP contribution in [0.15, 0.2) is 40.6 Å². The lowest BCUT2D eigenvalue weighted by Crippen LogP contribution is -2.25. The zero-order valence-corrected chi connectivity index (χ0v) is 12.3. The standard InChI is InChI=1S/C12H12ClNO2S2/c1-9-4-3-5-10(8-9)14(2)18(15,16)12-7-6-11(13)17-12/h3-8H,1-2H3. The van der Waals surface area contributed by atoms with Gasteiger partial charge < -0.3 is 0 Å². The van der Waals surface area contributed by atoms with Crippen molar-refractivity contribution in [1.82, 2.24) is 0 Å². The summed E-state index contributed by atoms with van der Waals surface area (Å²) >= 11 is 6.84. The normalized spacial score (nSPS) is 11.5. The summed E-state index contributed by atoms with van der Waals surface area (Å²) in [7, 11) is -1.98. The maximum Gasteiger partial charge on any atom is 0.273 e. The van der Waals surface area contributed by atoms with E-state index in [1.807, 2.05) is 25.1 Å². The van der Waals surface area contributed by atoms with Crippen LogP contribution in [-0.2, 0) is 10.0 Å². The number of thiophene rings is 1. The number of aryl methyl sites for hydroxylation is 1. The Labute approximate surface area is 116 Å². The molecule has 0 fully saturated rings. The van der Waals surface area contributed by atoms with Gasteiger partial charge in [0.1, 0.15) is 4.21 Å². The minimum Gasteiger partial charge on any atom is -0.269 e. The zero-order chi connectivity index (χ0) is 13.3. The van der Waals surface area contributed by atoms with Crippen molar-refractivity contribution < 1.29 is 8.42 Å². The van der Waals surface area contributed by atoms with Crippen LogP contribution >= 0.6 is 22.9 Å². The minimum atomic E-state index is -3.52. The largest absolute Gasteiger partial charge is 0.273 e. The van der Waals surface area contributed by atoms with Crippen LogP contribution < -0.4 is 4.31 Å². The number of benzene rings is 1. The second kappa shape index (κ2) is 4.91. The molecule has 0 amide bonds. The molecule has 96 valence electrons. The lowest BCUT2D eigenvalue weighted by atomic mass is 10.2. The predicted molar refractivity (Wildman–Crippen MR) is 76.1 cm³/mol. The van der Waals surface area contributed by atoms with E-state index in [2.05, 4.69) is 0 Å². The number of nitrogens with zero attached hydrogens (tertiary/aromatic N) is 1. The smallest absolute Gasteiger partial charge is 0.269 e. The van der Waals surface area contributed by atoms with E-state index in [0.717, 1.165) is 16.9 Å². The molecule has 0 saturated carbocycles. The molecule has 6 heteroatoms. The Bertz CT molecular complexity index is 664. The first kappa shape index (κ1) is 13.4. The number of halogens is 1. The lowest BCUT2D eigenvalue weighted by molar-refractivity contribution is 0.596. The van der Waals surface area contributed by atoms with Gasteiger partial charge >= 0.3 is 0 Å². The van der Waals surface area contributed by atoms with Gasteiger partial charge in [0.15, 0.2) is 0 Å². The first-order valence-electron chi connectivity index (χ1n) is 5.22. The maximum atomic E-state index is 12.3. The highest BCUT2D eigenvalue weighted by Gasteiger charge is 2.23. The zero-order valence-electron chi connectivity index (χ0n) is 9.92. The molecular formula is C12H12ClNO2S2. The highest BCUT2D eigenvalue weighted by molar-refractivity contribution is 7.94. The van der Waals surface area contributed by atoms with Gasteiger partial charge in [-0.1, -0.05) is 23.7 Å². The van der Waals surface area contributed by atoms with Gasteiger partial charge in [0.05, 0.1) is 10.0 Å². The number of rotatable bonds is 3. The summed E-state index contributed by atoms with van der Waals surface area (Å²) in [5, 5.41) is 0. The van der Waals surface area contributed by atoms with Crippen molar-refractivity contribution >= 4 is 38.6 Å². The van der Waals surface area contributed by atoms with Gasteiger partial charge in [0, 0.05) is 7.05 Å². The van der Waals surface area contributed by atoms with Gasteiger partial charge in [-0.25, -0.2) is 8.42 Å². The summed E-state index contributed by atoms with van der Waals surface area (Å²) < 4.78 is 26.6. The Hall–Kier alpha value is -1.04. The van der Waals surface area contributed by atoms with Crippen LogP contribution in [0.25, 0.3) is 0 Å². The fraction of sp³-hybridized carbons (Fsp3) is 0.167. The number of sulfonamides is 1. The van der Waals surface area contributed by atoms with Crippen LogP contribution in [0.1, 0.15) is 5.56 Å². The molecule has 0 radical (unpaired) electrons. The van der Waals surface area contributed by atoms with Gasteiger partial charge in [-0.3, -0.25) is 4.31 Å². The summed E-state index contributed by atoms with van der Waals surface area (Å²) in [4.78, 5) is 0. The summed E-state index contributed by atoms with van der Waals surface area (Å²) in [5.74, 6) is 0. The lowest BCUT2D eigenvalue weighted by Gasteiger charge is -2.18. The monoisotopic (exact) mass is 301 g/mol. The molecule has 0 atom stereocenters. The first-order chi connectivity index (χ1) is 8.41. The Morgan fingerprint density at radius 1 is 1.22 bits per heavy atom. The number of hydrogen-bond donors (Lipinski definition) is 0. The second-order valence-electron chi connectivity index (χ2n) is 3.87. The highest BCUT2D eigenvalue weighted by atomic mass is 35.5. The molecule has 2 aromatic rings. The van der Waals surface area contributed by atoms with Crippen LogP contribution in [0.4, 0.5) is 5.69 Å². The molecule has 0 aliphatic rings. The molecule has 1 heterocycles. The average Bonchev–Trinajstić information content (AvgIpc) is 2.75. The molecule has 18 heavy (non-hydrogen) atoms. The molecule has 3 nitrogen and oxygen atoms in total. The van der Waals surface area contributed by atoms with Crippen molar-refractivity contribution in [3.63, 3.8) is 0 Å². The van der Waals surface area contributed by atoms with Crippen LogP contribution in [0.3, 0.4) is 0 Å². The van der Waals surface area contributed by atoms with E-state index in [9.17, 15) is 8.42 Å². The quantitative estimate of drug-likeness (QED) is 0.869. The summed E-state index contributed by atoms with van der Waals surface area (Å²) in [6, 6.07) is 10.5. The molecule has 0 saturated heterocycles. The van der Waals surface area contributed by atoms with Crippen LogP contribution in [0.2, 0.25) is 4.34 Å². The first-order valence-corrected chi connectivity index (χ1v) is 7.85. The molecule has 0 bridgehead atoms. The van der Waals surface area contributed by atoms with Crippen molar-refractivity contribution in [3.05, 3.63) is 46.3 Å². The van der Waals surface area contributed by atoms with Crippen LogP contribution in [0.5, 0.6) is 0 Å². The molecule has 1 aromatic heterocycles. The third kappa shape index (κ3) is 2.53. The predicted octanol–water partition coefficient (Wildman–Crippen LogP) is 3.54. The third-order valence-corrected chi connectivity index (χ3v) is 6.01. The Balaban J connectivity index is 2.42. The second-order valence-corrected chi connectivity index (χ2v) is 7.78. The fourth-order valence-electron chi connectivity index (χ4n) is 1.53. The van der Waals surface area contributed by atoms with Crippen molar-refractivity contribution in [1.29, 1.82) is 0 Å². The van der Waals surface area contributed by atoms with Crippen molar-refractivity contribution in [2.45, 2.75) is 11.1 Å². The van der Waals surface area contributed by atoms with Gasteiger partial charge in [-0.05, 0) is 36.8 Å². The Morgan fingerprint density at radius 3 is 2.50 bits per heavy atom. The molecule has 0 N–H and O–H groups in total. The molecule has 0 spiro atoms. The van der Waals surface area contributed by atoms with E-state index >= 15 is 0 Å². The number of anilines is 1. The number of hydrogen-bond acceptors (Lipinski definition) is 3. The maximum absolute atomic E-state index is 12.3. The van der Waals surface area contributed by atoms with Crippen molar-refractivity contribution in [3.8, 4) is 0 Å². The third-order valence-electron chi connectivity index (χ3n) is 2.53. The highest BCUT2D eigenvalue weighted by Crippen LogP contribution is 2.30. The van der Waals surface area contributed by atoms with Crippen molar-refractivity contribution in [2.75, 3.05) is 11.4 Å². The van der Waals surface area contributed by atoms with Gasteiger partial charge in [-0.2, -0.15) is 0 Å².